The summed E-state index contributed by atoms with van der Waals surface area (Å²) in [5, 5.41) is 3.57. The quantitative estimate of drug-likeness (QED) is 0.784. The highest BCUT2D eigenvalue weighted by atomic mass is 79.9. The summed E-state index contributed by atoms with van der Waals surface area (Å²) in [6.45, 7) is 0. The van der Waals surface area contributed by atoms with Crippen molar-refractivity contribution in [3.63, 3.8) is 0 Å². The summed E-state index contributed by atoms with van der Waals surface area (Å²) in [5.41, 5.74) is 0. The van der Waals surface area contributed by atoms with Crippen LogP contribution < -0.4 is 0 Å². The van der Waals surface area contributed by atoms with Crippen molar-refractivity contribution in [2.75, 3.05) is 0 Å². The van der Waals surface area contributed by atoms with Gasteiger partial charge in [0.05, 0.1) is 0 Å². The lowest BCUT2D eigenvalue weighted by molar-refractivity contribution is -0.0402. The molecule has 78 valence electrons. The standard InChI is InChI=1S/C8H9BrF2N2O/c9-7-12-6(14-13-7)5-1-3-8(10,11)4-2-5/h5H,1-4H2. The molecular formula is C8H9BrF2N2O. The number of nitrogens with zero attached hydrogens (tertiary/aromatic N) is 2. The highest BCUT2D eigenvalue weighted by Crippen LogP contribution is 2.40. The van der Waals surface area contributed by atoms with Gasteiger partial charge < -0.3 is 4.52 Å². The van der Waals surface area contributed by atoms with E-state index in [0.29, 0.717) is 23.5 Å². The molecule has 1 aromatic heterocycles. The highest BCUT2D eigenvalue weighted by molar-refractivity contribution is 9.10. The number of rotatable bonds is 1. The van der Waals surface area contributed by atoms with Crippen LogP contribution in [0.3, 0.4) is 0 Å². The van der Waals surface area contributed by atoms with Gasteiger partial charge in [-0.2, -0.15) is 4.98 Å². The van der Waals surface area contributed by atoms with Gasteiger partial charge in [0, 0.05) is 18.8 Å². The molecule has 0 aromatic carbocycles. The van der Waals surface area contributed by atoms with Crippen LogP contribution in [0.5, 0.6) is 0 Å². The predicted octanol–water partition coefficient (Wildman–Crippen LogP) is 3.13. The van der Waals surface area contributed by atoms with Crippen molar-refractivity contribution >= 4 is 15.9 Å². The smallest absolute Gasteiger partial charge is 0.248 e. The predicted molar refractivity (Wildman–Crippen MR) is 48.2 cm³/mol. The summed E-state index contributed by atoms with van der Waals surface area (Å²) in [4.78, 5) is 3.98. The molecule has 0 spiro atoms. The van der Waals surface area contributed by atoms with Gasteiger partial charge in [0.2, 0.25) is 16.5 Å². The Hall–Kier alpha value is -0.520. The molecule has 1 heterocycles. The normalized spacial score (nSPS) is 22.5. The molecule has 0 saturated heterocycles. The first-order valence-corrected chi connectivity index (χ1v) is 5.23. The molecule has 0 radical (unpaired) electrons. The number of hydrogen-bond donors (Lipinski definition) is 0. The fraction of sp³-hybridized carbons (Fsp3) is 0.750. The van der Waals surface area contributed by atoms with Crippen molar-refractivity contribution in [2.24, 2.45) is 0 Å². The van der Waals surface area contributed by atoms with E-state index in [1.165, 1.54) is 0 Å². The van der Waals surface area contributed by atoms with Crippen LogP contribution in [0, 0.1) is 0 Å². The Balaban J connectivity index is 2.02. The van der Waals surface area contributed by atoms with Crippen LogP contribution in [0.15, 0.2) is 9.26 Å². The lowest BCUT2D eigenvalue weighted by Crippen LogP contribution is -2.23. The van der Waals surface area contributed by atoms with E-state index in [9.17, 15) is 8.78 Å². The van der Waals surface area contributed by atoms with E-state index in [1.54, 1.807) is 0 Å². The summed E-state index contributed by atoms with van der Waals surface area (Å²) in [6.07, 6.45) is 0.665. The molecule has 1 aliphatic carbocycles. The number of hydrogen-bond acceptors (Lipinski definition) is 3. The van der Waals surface area contributed by atoms with Gasteiger partial charge in [-0.1, -0.05) is 0 Å². The summed E-state index contributed by atoms with van der Waals surface area (Å²) >= 11 is 3.06. The van der Waals surface area contributed by atoms with Crippen molar-refractivity contribution in [1.82, 2.24) is 10.1 Å². The van der Waals surface area contributed by atoms with E-state index >= 15 is 0 Å². The lowest BCUT2D eigenvalue weighted by atomic mass is 9.87. The molecule has 0 atom stereocenters. The third kappa shape index (κ3) is 2.10. The van der Waals surface area contributed by atoms with Crippen LogP contribution in [0.2, 0.25) is 0 Å². The van der Waals surface area contributed by atoms with E-state index in [4.69, 9.17) is 4.52 Å². The van der Waals surface area contributed by atoms with Crippen LogP contribution in [0.1, 0.15) is 37.5 Å². The average Bonchev–Trinajstić information content (AvgIpc) is 2.52. The third-order valence-corrected chi connectivity index (χ3v) is 2.81. The van der Waals surface area contributed by atoms with Gasteiger partial charge in [0.15, 0.2) is 0 Å². The maximum atomic E-state index is 12.8. The molecule has 0 unspecified atom stereocenters. The Morgan fingerprint density at radius 3 is 2.50 bits per heavy atom. The van der Waals surface area contributed by atoms with Crippen molar-refractivity contribution in [3.05, 3.63) is 10.6 Å². The van der Waals surface area contributed by atoms with E-state index in [2.05, 4.69) is 26.1 Å². The first-order valence-electron chi connectivity index (χ1n) is 4.44. The summed E-state index contributed by atoms with van der Waals surface area (Å²) in [7, 11) is 0. The van der Waals surface area contributed by atoms with Gasteiger partial charge in [0.1, 0.15) is 0 Å². The molecule has 1 aromatic rings. The van der Waals surface area contributed by atoms with Crippen LogP contribution in [-0.2, 0) is 0 Å². The molecule has 14 heavy (non-hydrogen) atoms. The first-order chi connectivity index (χ1) is 6.57. The van der Waals surface area contributed by atoms with Gasteiger partial charge in [-0.3, -0.25) is 0 Å². The molecule has 0 bridgehead atoms. The summed E-state index contributed by atoms with van der Waals surface area (Å²) < 4.78 is 30.9. The van der Waals surface area contributed by atoms with Gasteiger partial charge >= 0.3 is 0 Å². The highest BCUT2D eigenvalue weighted by Gasteiger charge is 2.37. The zero-order chi connectivity index (χ0) is 10.2. The minimum absolute atomic E-state index is 0.00609. The first kappa shape index (κ1) is 10.0. The molecule has 3 nitrogen and oxygen atoms in total. The zero-order valence-electron chi connectivity index (χ0n) is 7.34. The number of alkyl halides is 2. The molecule has 2 rings (SSSR count). The monoisotopic (exact) mass is 266 g/mol. The Bertz CT molecular complexity index is 319. The van der Waals surface area contributed by atoms with Crippen LogP contribution in [-0.4, -0.2) is 16.1 Å². The second-order valence-corrected chi connectivity index (χ2v) is 4.24. The van der Waals surface area contributed by atoms with E-state index in [0.717, 1.165) is 0 Å². The molecule has 1 aliphatic rings. The Morgan fingerprint density at radius 2 is 2.00 bits per heavy atom. The molecule has 0 amide bonds. The van der Waals surface area contributed by atoms with Gasteiger partial charge in [-0.15, -0.1) is 0 Å². The van der Waals surface area contributed by atoms with E-state index in [1.807, 2.05) is 0 Å². The Morgan fingerprint density at radius 1 is 1.36 bits per heavy atom. The van der Waals surface area contributed by atoms with E-state index < -0.39 is 5.92 Å². The average molecular weight is 267 g/mol. The SMILES string of the molecule is FC1(F)CCC(c2nc(Br)no2)CC1. The topological polar surface area (TPSA) is 38.9 Å². The maximum Gasteiger partial charge on any atom is 0.248 e. The molecule has 1 saturated carbocycles. The van der Waals surface area contributed by atoms with Gasteiger partial charge in [0.25, 0.3) is 0 Å². The second kappa shape index (κ2) is 3.56. The van der Waals surface area contributed by atoms with Crippen molar-refractivity contribution in [1.29, 1.82) is 0 Å². The summed E-state index contributed by atoms with van der Waals surface area (Å²) in [6, 6.07) is 0. The molecular weight excluding hydrogens is 258 g/mol. The second-order valence-electron chi connectivity index (χ2n) is 3.53. The van der Waals surface area contributed by atoms with Crippen molar-refractivity contribution < 1.29 is 13.3 Å². The number of aromatic nitrogens is 2. The molecule has 6 heteroatoms. The maximum absolute atomic E-state index is 12.8. The van der Waals surface area contributed by atoms with E-state index in [-0.39, 0.29) is 18.8 Å². The van der Waals surface area contributed by atoms with Crippen LogP contribution >= 0.6 is 15.9 Å². The van der Waals surface area contributed by atoms with Crippen LogP contribution in [0.4, 0.5) is 8.78 Å². The lowest BCUT2D eigenvalue weighted by Gasteiger charge is -2.25. The fourth-order valence-corrected chi connectivity index (χ4v) is 1.92. The fourth-order valence-electron chi connectivity index (χ4n) is 1.67. The number of halogens is 3. The zero-order valence-corrected chi connectivity index (χ0v) is 8.93. The summed E-state index contributed by atoms with van der Waals surface area (Å²) in [5.74, 6) is -2.05. The minimum Gasteiger partial charge on any atom is -0.338 e. The third-order valence-electron chi connectivity index (χ3n) is 2.48. The van der Waals surface area contributed by atoms with Gasteiger partial charge in [-0.05, 0) is 33.9 Å². The van der Waals surface area contributed by atoms with Crippen molar-refractivity contribution in [3.8, 4) is 0 Å². The molecule has 0 N–H and O–H groups in total. The Kier molecular flexibility index (Phi) is 2.55. The Labute approximate surface area is 88.0 Å². The molecule has 1 fully saturated rings. The minimum atomic E-state index is -2.51. The molecule has 0 aliphatic heterocycles. The van der Waals surface area contributed by atoms with Crippen LogP contribution in [0.25, 0.3) is 0 Å². The van der Waals surface area contributed by atoms with Crippen molar-refractivity contribution in [2.45, 2.75) is 37.5 Å². The van der Waals surface area contributed by atoms with Gasteiger partial charge in [-0.25, -0.2) is 8.78 Å². The largest absolute Gasteiger partial charge is 0.338 e.